The van der Waals surface area contributed by atoms with Gasteiger partial charge in [-0.25, -0.2) is 9.97 Å². The van der Waals surface area contributed by atoms with Gasteiger partial charge in [0.1, 0.15) is 18.5 Å². The highest BCUT2D eigenvalue weighted by Crippen LogP contribution is 2.09. The van der Waals surface area contributed by atoms with Crippen LogP contribution in [0, 0.1) is 0 Å². The second-order valence-corrected chi connectivity index (χ2v) is 4.21. The average Bonchev–Trinajstić information content (AvgIpc) is 3.07. The van der Waals surface area contributed by atoms with Gasteiger partial charge in [0.15, 0.2) is 0 Å². The Balaban J connectivity index is 1.81. The summed E-state index contributed by atoms with van der Waals surface area (Å²) in [6.45, 7) is 0.473. The molecule has 0 aliphatic carbocycles. The van der Waals surface area contributed by atoms with Crippen molar-refractivity contribution in [2.45, 2.75) is 6.54 Å². The molecule has 3 aromatic heterocycles. The fraction of sp³-hybridized carbons (Fsp3) is 0.200. The molecular weight excluding hydrogens is 282 g/mol. The zero-order valence-electron chi connectivity index (χ0n) is 10.5. The number of hydrogen-bond donors (Lipinski definition) is 1. The van der Waals surface area contributed by atoms with Crippen LogP contribution >= 0.6 is 11.6 Å². The van der Waals surface area contributed by atoms with Gasteiger partial charge in [-0.2, -0.15) is 24.7 Å². The number of imidazole rings is 1. The quantitative estimate of drug-likeness (QED) is 0.745. The highest BCUT2D eigenvalue weighted by molar-refractivity contribution is 6.28. The molecule has 3 heterocycles. The molecule has 0 saturated carbocycles. The maximum absolute atomic E-state index is 5.87. The Morgan fingerprint density at radius 2 is 2.20 bits per heavy atom. The van der Waals surface area contributed by atoms with E-state index in [2.05, 4.69) is 35.3 Å². The molecule has 10 heteroatoms. The Hall–Kier alpha value is -2.55. The molecule has 0 spiro atoms. The van der Waals surface area contributed by atoms with E-state index in [1.54, 1.807) is 6.20 Å². The zero-order chi connectivity index (χ0) is 13.9. The van der Waals surface area contributed by atoms with Gasteiger partial charge in [0.25, 0.3) is 5.95 Å². The van der Waals surface area contributed by atoms with Gasteiger partial charge >= 0.3 is 0 Å². The first kappa shape index (κ1) is 12.5. The summed E-state index contributed by atoms with van der Waals surface area (Å²) in [5.41, 5.74) is 0. The van der Waals surface area contributed by atoms with Crippen molar-refractivity contribution < 1.29 is 0 Å². The molecule has 3 aromatic rings. The predicted octanol–water partition coefficient (Wildman–Crippen LogP) is 0.451. The molecule has 9 nitrogen and oxygen atoms in total. The predicted molar refractivity (Wildman–Crippen MR) is 70.3 cm³/mol. The summed E-state index contributed by atoms with van der Waals surface area (Å²) in [5, 5.41) is 7.06. The largest absolute Gasteiger partial charge is 0.347 e. The minimum Gasteiger partial charge on any atom is -0.347 e. The van der Waals surface area contributed by atoms with Crippen LogP contribution in [0.5, 0.6) is 0 Å². The van der Waals surface area contributed by atoms with E-state index in [4.69, 9.17) is 11.6 Å². The van der Waals surface area contributed by atoms with Gasteiger partial charge < -0.3 is 9.88 Å². The lowest BCUT2D eigenvalue weighted by Gasteiger charge is -2.06. The number of aryl methyl sites for hydroxylation is 1. The van der Waals surface area contributed by atoms with E-state index >= 15 is 0 Å². The van der Waals surface area contributed by atoms with Crippen molar-refractivity contribution in [1.29, 1.82) is 0 Å². The van der Waals surface area contributed by atoms with E-state index in [9.17, 15) is 0 Å². The van der Waals surface area contributed by atoms with Crippen LogP contribution in [0.3, 0.4) is 0 Å². The summed E-state index contributed by atoms with van der Waals surface area (Å²) in [4.78, 5) is 20.2. The molecule has 1 N–H and O–H groups in total. The van der Waals surface area contributed by atoms with E-state index in [1.165, 1.54) is 17.3 Å². The third kappa shape index (κ3) is 2.57. The smallest absolute Gasteiger partial charge is 0.258 e. The van der Waals surface area contributed by atoms with E-state index in [1.807, 2.05) is 17.8 Å². The molecule has 20 heavy (non-hydrogen) atoms. The summed E-state index contributed by atoms with van der Waals surface area (Å²) in [5.74, 6) is 1.49. The highest BCUT2D eigenvalue weighted by Gasteiger charge is 2.08. The van der Waals surface area contributed by atoms with E-state index in [-0.39, 0.29) is 5.28 Å². The van der Waals surface area contributed by atoms with Crippen molar-refractivity contribution >= 4 is 17.5 Å². The van der Waals surface area contributed by atoms with Crippen LogP contribution in [0.2, 0.25) is 5.28 Å². The Kier molecular flexibility index (Phi) is 3.25. The number of nitrogens with zero attached hydrogens (tertiary/aromatic N) is 8. The van der Waals surface area contributed by atoms with Crippen molar-refractivity contribution in [2.24, 2.45) is 7.05 Å². The SMILES string of the molecule is Cn1ccnc1CNc1nc(Cl)nc(-n2cncn2)n1. The molecule has 102 valence electrons. The molecule has 0 bridgehead atoms. The summed E-state index contributed by atoms with van der Waals surface area (Å²) < 4.78 is 3.30. The topological polar surface area (TPSA) is 99.2 Å². The average molecular weight is 292 g/mol. The van der Waals surface area contributed by atoms with Gasteiger partial charge in [-0.05, 0) is 11.6 Å². The molecule has 0 saturated heterocycles. The number of nitrogens with one attached hydrogen (secondary N) is 1. The van der Waals surface area contributed by atoms with Gasteiger partial charge in [-0.1, -0.05) is 0 Å². The maximum Gasteiger partial charge on any atom is 0.258 e. The molecule has 3 rings (SSSR count). The van der Waals surface area contributed by atoms with Crippen LogP contribution in [-0.4, -0.2) is 39.3 Å². The number of halogens is 1. The standard InChI is InChI=1S/C10H10ClN9/c1-19-3-2-13-7(19)4-14-9-16-8(11)17-10(18-9)20-6-12-5-15-20/h2-3,5-6H,4H2,1H3,(H,14,16,17,18). The summed E-state index contributed by atoms with van der Waals surface area (Å²) in [6.07, 6.45) is 6.45. The lowest BCUT2D eigenvalue weighted by Crippen LogP contribution is -2.11. The first-order valence-corrected chi connectivity index (χ1v) is 6.07. The number of aromatic nitrogens is 8. The van der Waals surface area contributed by atoms with Crippen molar-refractivity contribution in [1.82, 2.24) is 39.3 Å². The fourth-order valence-corrected chi connectivity index (χ4v) is 1.71. The normalized spacial score (nSPS) is 10.7. The van der Waals surface area contributed by atoms with Gasteiger partial charge in [-0.15, -0.1) is 0 Å². The second-order valence-electron chi connectivity index (χ2n) is 3.88. The number of anilines is 1. The molecule has 0 radical (unpaired) electrons. The van der Waals surface area contributed by atoms with Crippen LogP contribution in [-0.2, 0) is 13.6 Å². The van der Waals surface area contributed by atoms with Crippen molar-refractivity contribution in [2.75, 3.05) is 5.32 Å². The first-order chi connectivity index (χ1) is 9.72. The van der Waals surface area contributed by atoms with Gasteiger partial charge in [-0.3, -0.25) is 0 Å². The number of rotatable bonds is 4. The van der Waals surface area contributed by atoms with Gasteiger partial charge in [0.2, 0.25) is 11.2 Å². The summed E-state index contributed by atoms with van der Waals surface area (Å²) in [6, 6.07) is 0. The van der Waals surface area contributed by atoms with Gasteiger partial charge in [0.05, 0.1) is 6.54 Å². The van der Waals surface area contributed by atoms with Crippen LogP contribution in [0.4, 0.5) is 5.95 Å². The monoisotopic (exact) mass is 291 g/mol. The maximum atomic E-state index is 5.87. The molecule has 0 atom stereocenters. The Morgan fingerprint density at radius 3 is 2.90 bits per heavy atom. The van der Waals surface area contributed by atoms with Crippen LogP contribution in [0.25, 0.3) is 5.95 Å². The van der Waals surface area contributed by atoms with E-state index < -0.39 is 0 Å². The van der Waals surface area contributed by atoms with E-state index in [0.717, 1.165) is 5.82 Å². The Labute approximate surface area is 118 Å². The third-order valence-electron chi connectivity index (χ3n) is 2.55. The van der Waals surface area contributed by atoms with Crippen LogP contribution in [0.1, 0.15) is 5.82 Å². The van der Waals surface area contributed by atoms with E-state index in [0.29, 0.717) is 18.4 Å². The molecule has 0 unspecified atom stereocenters. The summed E-state index contributed by atoms with van der Waals surface area (Å²) in [7, 11) is 1.91. The third-order valence-corrected chi connectivity index (χ3v) is 2.71. The highest BCUT2D eigenvalue weighted by atomic mass is 35.5. The minimum absolute atomic E-state index is 0.0767. The minimum atomic E-state index is 0.0767. The fourth-order valence-electron chi connectivity index (χ4n) is 1.56. The Bertz CT molecular complexity index is 705. The summed E-state index contributed by atoms with van der Waals surface area (Å²) >= 11 is 5.87. The second kappa shape index (κ2) is 5.21. The number of hydrogen-bond acceptors (Lipinski definition) is 7. The van der Waals surface area contributed by atoms with Crippen molar-refractivity contribution in [3.63, 3.8) is 0 Å². The first-order valence-electron chi connectivity index (χ1n) is 5.69. The molecule has 0 aliphatic heterocycles. The lowest BCUT2D eigenvalue weighted by atomic mass is 10.6. The molecule has 0 amide bonds. The van der Waals surface area contributed by atoms with Crippen LogP contribution < -0.4 is 5.32 Å². The molecule has 0 fully saturated rings. The zero-order valence-corrected chi connectivity index (χ0v) is 11.2. The van der Waals surface area contributed by atoms with Gasteiger partial charge in [0, 0.05) is 19.4 Å². The lowest BCUT2D eigenvalue weighted by molar-refractivity contribution is 0.781. The van der Waals surface area contributed by atoms with Crippen molar-refractivity contribution in [3.05, 3.63) is 36.2 Å². The van der Waals surface area contributed by atoms with Crippen LogP contribution in [0.15, 0.2) is 25.0 Å². The van der Waals surface area contributed by atoms with Crippen molar-refractivity contribution in [3.8, 4) is 5.95 Å². The molecule has 0 aliphatic rings. The molecule has 0 aromatic carbocycles. The Morgan fingerprint density at radius 1 is 1.30 bits per heavy atom. The molecular formula is C10H10ClN9.